The molecular weight excluding hydrogens is 320 g/mol. The van der Waals surface area contributed by atoms with Gasteiger partial charge >= 0.3 is 0 Å². The second-order valence-electron chi connectivity index (χ2n) is 4.13. The Balaban J connectivity index is 2.51. The Kier molecular flexibility index (Phi) is 5.27. The predicted octanol–water partition coefficient (Wildman–Crippen LogP) is 4.90. The zero-order valence-electron chi connectivity index (χ0n) is 11.0. The molecule has 0 saturated heterocycles. The molecule has 1 aromatic carbocycles. The molecule has 0 bridgehead atoms. The highest BCUT2D eigenvalue weighted by Crippen LogP contribution is 2.39. The van der Waals surface area contributed by atoms with Gasteiger partial charge < -0.3 is 10.1 Å². The van der Waals surface area contributed by atoms with Gasteiger partial charge in [0.15, 0.2) is 11.6 Å². The van der Waals surface area contributed by atoms with Crippen LogP contribution in [0.25, 0.3) is 0 Å². The van der Waals surface area contributed by atoms with Crippen LogP contribution in [0.3, 0.4) is 0 Å². The second kappa shape index (κ2) is 6.76. The number of thiophene rings is 1. The minimum Gasteiger partial charge on any atom is -0.494 e. The molecule has 1 unspecified atom stereocenters. The van der Waals surface area contributed by atoms with E-state index in [1.54, 1.807) is 24.3 Å². The third-order valence-corrected chi connectivity index (χ3v) is 4.44. The van der Waals surface area contributed by atoms with E-state index in [0.717, 1.165) is 5.56 Å². The smallest absolute Gasteiger partial charge is 0.170 e. The first kappa shape index (κ1) is 15.6. The molecule has 2 aromatic rings. The fourth-order valence-corrected chi connectivity index (χ4v) is 3.58. The van der Waals surface area contributed by atoms with Gasteiger partial charge in [-0.25, -0.2) is 4.39 Å². The fourth-order valence-electron chi connectivity index (χ4n) is 2.05. The van der Waals surface area contributed by atoms with Crippen molar-refractivity contribution >= 4 is 34.5 Å². The van der Waals surface area contributed by atoms with Gasteiger partial charge in [-0.15, -0.1) is 11.3 Å². The average molecular weight is 334 g/mol. The van der Waals surface area contributed by atoms with Gasteiger partial charge in [0, 0.05) is 11.1 Å². The minimum atomic E-state index is -0.390. The number of ether oxygens (including phenoxy) is 1. The summed E-state index contributed by atoms with van der Waals surface area (Å²) in [6, 6.07) is 6.47. The number of methoxy groups -OCH3 is 1. The number of hydrogen-bond donors (Lipinski definition) is 1. The summed E-state index contributed by atoms with van der Waals surface area (Å²) in [5, 5.41) is 3.23. The van der Waals surface area contributed by atoms with Crippen LogP contribution in [0.4, 0.5) is 4.39 Å². The number of rotatable bonds is 5. The maximum absolute atomic E-state index is 14.4. The molecular formula is C14H14Cl2FNOS. The van der Waals surface area contributed by atoms with Crippen molar-refractivity contribution in [2.75, 3.05) is 13.7 Å². The molecule has 2 rings (SSSR count). The Hall–Kier alpha value is -0.810. The van der Waals surface area contributed by atoms with Crippen LogP contribution in [0, 0.1) is 5.82 Å². The van der Waals surface area contributed by atoms with Gasteiger partial charge in [-0.2, -0.15) is 0 Å². The molecule has 2 nitrogen and oxygen atoms in total. The summed E-state index contributed by atoms with van der Waals surface area (Å²) in [6.45, 7) is 2.62. The highest BCUT2D eigenvalue weighted by molar-refractivity contribution is 7.20. The van der Waals surface area contributed by atoms with Crippen molar-refractivity contribution in [2.24, 2.45) is 0 Å². The van der Waals surface area contributed by atoms with Gasteiger partial charge in [-0.05, 0) is 18.7 Å². The highest BCUT2D eigenvalue weighted by Gasteiger charge is 2.23. The van der Waals surface area contributed by atoms with Gasteiger partial charge in [0.1, 0.15) is 0 Å². The largest absolute Gasteiger partial charge is 0.494 e. The molecule has 1 atom stereocenters. The van der Waals surface area contributed by atoms with Crippen molar-refractivity contribution < 1.29 is 9.13 Å². The first-order valence-corrected chi connectivity index (χ1v) is 7.66. The van der Waals surface area contributed by atoms with E-state index in [4.69, 9.17) is 27.9 Å². The van der Waals surface area contributed by atoms with Crippen LogP contribution in [0.5, 0.6) is 5.75 Å². The summed E-state index contributed by atoms with van der Waals surface area (Å²) in [7, 11) is 1.44. The van der Waals surface area contributed by atoms with Gasteiger partial charge in [0.05, 0.1) is 21.8 Å². The summed E-state index contributed by atoms with van der Waals surface area (Å²) in [6.07, 6.45) is 0. The third-order valence-electron chi connectivity index (χ3n) is 2.93. The molecule has 0 fully saturated rings. The molecule has 0 aliphatic carbocycles. The van der Waals surface area contributed by atoms with E-state index in [2.05, 4.69) is 5.32 Å². The van der Waals surface area contributed by atoms with Crippen LogP contribution in [0.2, 0.25) is 8.67 Å². The monoisotopic (exact) mass is 333 g/mol. The molecule has 0 aliphatic heterocycles. The number of nitrogens with one attached hydrogen (secondary N) is 1. The number of hydrogen-bond acceptors (Lipinski definition) is 3. The molecule has 108 valence electrons. The zero-order chi connectivity index (χ0) is 14.7. The van der Waals surface area contributed by atoms with Crippen molar-refractivity contribution in [1.29, 1.82) is 0 Å². The van der Waals surface area contributed by atoms with E-state index in [1.807, 2.05) is 6.92 Å². The second-order valence-corrected chi connectivity index (χ2v) is 6.42. The Morgan fingerprint density at radius 1 is 1.35 bits per heavy atom. The minimum absolute atomic E-state index is 0.211. The molecule has 1 N–H and O–H groups in total. The molecule has 0 radical (unpaired) electrons. The Morgan fingerprint density at radius 2 is 2.10 bits per heavy atom. The maximum atomic E-state index is 14.4. The topological polar surface area (TPSA) is 21.3 Å². The summed E-state index contributed by atoms with van der Waals surface area (Å²) in [5.41, 5.74) is 1.26. The Morgan fingerprint density at radius 3 is 2.65 bits per heavy atom. The Bertz CT molecular complexity index is 603. The quantitative estimate of drug-likeness (QED) is 0.840. The van der Waals surface area contributed by atoms with Crippen LogP contribution in [-0.2, 0) is 0 Å². The summed E-state index contributed by atoms with van der Waals surface area (Å²) >= 11 is 13.4. The molecule has 20 heavy (non-hydrogen) atoms. The maximum Gasteiger partial charge on any atom is 0.170 e. The number of benzene rings is 1. The average Bonchev–Trinajstić information content (AvgIpc) is 2.75. The molecule has 6 heteroatoms. The lowest BCUT2D eigenvalue weighted by Gasteiger charge is -2.19. The van der Waals surface area contributed by atoms with Crippen molar-refractivity contribution in [3.05, 3.63) is 49.9 Å². The molecule has 0 spiro atoms. The number of halogens is 3. The van der Waals surface area contributed by atoms with Crippen molar-refractivity contribution in [3.63, 3.8) is 0 Å². The first-order valence-electron chi connectivity index (χ1n) is 6.09. The standard InChI is InChI=1S/C14H14Cl2FNOS/c1-3-18-13(9-7-11(15)20-14(9)16)8-5-4-6-10(19-2)12(8)17/h4-7,13,18H,3H2,1-2H3. The summed E-state index contributed by atoms with van der Waals surface area (Å²) in [5.74, 6) is -0.179. The van der Waals surface area contributed by atoms with E-state index in [1.165, 1.54) is 18.4 Å². The molecule has 1 heterocycles. The molecule has 0 aliphatic rings. The molecule has 0 amide bonds. The SMILES string of the molecule is CCNC(c1cc(Cl)sc1Cl)c1cccc(OC)c1F. The first-order chi connectivity index (χ1) is 9.58. The van der Waals surface area contributed by atoms with Crippen LogP contribution in [0.15, 0.2) is 24.3 Å². The van der Waals surface area contributed by atoms with Gasteiger partial charge in [0.2, 0.25) is 0 Å². The van der Waals surface area contributed by atoms with Crippen molar-refractivity contribution in [2.45, 2.75) is 13.0 Å². The van der Waals surface area contributed by atoms with Gasteiger partial charge in [0.25, 0.3) is 0 Å². The highest BCUT2D eigenvalue weighted by atomic mass is 35.5. The van der Waals surface area contributed by atoms with Crippen molar-refractivity contribution in [3.8, 4) is 5.75 Å². The van der Waals surface area contributed by atoms with E-state index >= 15 is 0 Å². The molecule has 1 aromatic heterocycles. The molecule has 0 saturated carbocycles. The van der Waals surface area contributed by atoms with Crippen LogP contribution < -0.4 is 10.1 Å². The van der Waals surface area contributed by atoms with E-state index in [9.17, 15) is 4.39 Å². The van der Waals surface area contributed by atoms with E-state index < -0.39 is 0 Å². The predicted molar refractivity (Wildman–Crippen MR) is 82.8 cm³/mol. The van der Waals surface area contributed by atoms with Gasteiger partial charge in [-0.1, -0.05) is 42.3 Å². The van der Waals surface area contributed by atoms with Crippen LogP contribution in [-0.4, -0.2) is 13.7 Å². The van der Waals surface area contributed by atoms with Crippen molar-refractivity contribution in [1.82, 2.24) is 5.32 Å². The lowest BCUT2D eigenvalue weighted by molar-refractivity contribution is 0.382. The summed E-state index contributed by atoms with van der Waals surface area (Å²) < 4.78 is 20.6. The van der Waals surface area contributed by atoms with E-state index in [-0.39, 0.29) is 17.6 Å². The van der Waals surface area contributed by atoms with Crippen LogP contribution in [0.1, 0.15) is 24.1 Å². The van der Waals surface area contributed by atoms with Crippen LogP contribution >= 0.6 is 34.5 Å². The normalized spacial score (nSPS) is 12.4. The fraction of sp³-hybridized carbons (Fsp3) is 0.286. The Labute approximate surface area is 131 Å². The lowest BCUT2D eigenvalue weighted by Crippen LogP contribution is -2.23. The zero-order valence-corrected chi connectivity index (χ0v) is 13.4. The van der Waals surface area contributed by atoms with E-state index in [0.29, 0.717) is 20.8 Å². The summed E-state index contributed by atoms with van der Waals surface area (Å²) in [4.78, 5) is 0. The lowest BCUT2D eigenvalue weighted by atomic mass is 10.00. The van der Waals surface area contributed by atoms with Gasteiger partial charge in [-0.3, -0.25) is 0 Å². The third kappa shape index (κ3) is 3.09.